The van der Waals surface area contributed by atoms with Crippen LogP contribution in [0.1, 0.15) is 52.0 Å². The third kappa shape index (κ3) is 6.52. The molecule has 1 aromatic carbocycles. The molecule has 2 atom stereocenters. The van der Waals surface area contributed by atoms with Crippen molar-refractivity contribution in [2.75, 3.05) is 6.26 Å². The van der Waals surface area contributed by atoms with E-state index in [1.165, 1.54) is 6.26 Å². The number of primary amides is 1. The molecule has 0 spiro atoms. The smallest absolute Gasteiger partial charge is 0.404 e. The summed E-state index contributed by atoms with van der Waals surface area (Å²) in [5.74, 6) is 0. The summed E-state index contributed by atoms with van der Waals surface area (Å²) < 4.78 is 45.2. The van der Waals surface area contributed by atoms with Crippen LogP contribution in [0.3, 0.4) is 0 Å². The van der Waals surface area contributed by atoms with Crippen molar-refractivity contribution in [1.82, 2.24) is 4.72 Å². The molecule has 0 radical (unpaired) electrons. The lowest BCUT2D eigenvalue weighted by Gasteiger charge is -2.45. The molecule has 0 aromatic heterocycles. The molecule has 2 rings (SSSR count). The highest BCUT2D eigenvalue weighted by atomic mass is 32.2. The maximum absolute atomic E-state index is 13.0. The van der Waals surface area contributed by atoms with Crippen LogP contribution in [0.25, 0.3) is 0 Å². The highest BCUT2D eigenvalue weighted by molar-refractivity contribution is 7.91. The fraction of sp³-hybridized carbons (Fsp3) is 0.650. The predicted molar refractivity (Wildman–Crippen MR) is 115 cm³/mol. The number of rotatable bonds is 7. The molecule has 9 heteroatoms. The Hall–Kier alpha value is -1.45. The number of nitrogens with two attached hydrogens (primary N) is 1. The van der Waals surface area contributed by atoms with Crippen molar-refractivity contribution in [2.45, 2.75) is 74.5 Å². The molecule has 164 valence electrons. The number of sulfone groups is 1. The second kappa shape index (κ2) is 9.14. The van der Waals surface area contributed by atoms with E-state index in [-0.39, 0.29) is 0 Å². The van der Waals surface area contributed by atoms with Gasteiger partial charge in [-0.15, -0.1) is 0 Å². The van der Waals surface area contributed by atoms with E-state index >= 15 is 0 Å². The van der Waals surface area contributed by atoms with Crippen molar-refractivity contribution in [3.8, 4) is 0 Å². The van der Waals surface area contributed by atoms with Gasteiger partial charge in [0.2, 0.25) is 0 Å². The van der Waals surface area contributed by atoms with Gasteiger partial charge in [-0.2, -0.15) is 0 Å². The fourth-order valence-corrected chi connectivity index (χ4v) is 5.78. The van der Waals surface area contributed by atoms with Crippen molar-refractivity contribution in [3.05, 3.63) is 35.9 Å². The third-order valence-electron chi connectivity index (χ3n) is 5.42. The Labute approximate surface area is 176 Å². The number of hydrogen-bond donors (Lipinski definition) is 2. The predicted octanol–water partition coefficient (Wildman–Crippen LogP) is 2.47. The molecule has 0 saturated heterocycles. The molecule has 29 heavy (non-hydrogen) atoms. The Morgan fingerprint density at radius 1 is 1.28 bits per heavy atom. The monoisotopic (exact) mass is 444 g/mol. The molecule has 0 bridgehead atoms. The van der Waals surface area contributed by atoms with Gasteiger partial charge in [0.1, 0.15) is 15.9 Å². The van der Waals surface area contributed by atoms with Crippen LogP contribution in [-0.4, -0.2) is 46.6 Å². The normalized spacial score (nSPS) is 25.2. The zero-order valence-corrected chi connectivity index (χ0v) is 19.1. The van der Waals surface area contributed by atoms with Gasteiger partial charge in [-0.1, -0.05) is 30.3 Å². The highest BCUT2D eigenvalue weighted by Crippen LogP contribution is 2.37. The van der Waals surface area contributed by atoms with E-state index in [0.29, 0.717) is 32.1 Å². The second-order valence-corrected chi connectivity index (χ2v) is 13.1. The summed E-state index contributed by atoms with van der Waals surface area (Å²) in [6, 6.07) is 9.53. The first kappa shape index (κ1) is 23.8. The number of amides is 1. The molecule has 1 aliphatic carbocycles. The Morgan fingerprint density at radius 2 is 1.83 bits per heavy atom. The summed E-state index contributed by atoms with van der Waals surface area (Å²) in [4.78, 5) is 11.7. The highest BCUT2D eigenvalue weighted by Gasteiger charge is 2.47. The number of nitrogens with one attached hydrogen (secondary N) is 1. The zero-order chi connectivity index (χ0) is 21.9. The Balaban J connectivity index is 2.39. The first-order valence-corrected chi connectivity index (χ1v) is 12.8. The minimum atomic E-state index is -3.18. The minimum absolute atomic E-state index is 0.391. The maximum atomic E-state index is 13.0. The van der Waals surface area contributed by atoms with Gasteiger partial charge in [-0.3, -0.25) is 0 Å². The summed E-state index contributed by atoms with van der Waals surface area (Å²) in [5, 5.41) is -0.452. The number of carbonyl (C=O) groups excluding carboxylic acids is 1. The Morgan fingerprint density at radius 3 is 2.28 bits per heavy atom. The lowest BCUT2D eigenvalue weighted by atomic mass is 9.76. The van der Waals surface area contributed by atoms with Crippen LogP contribution in [-0.2, 0) is 32.0 Å². The summed E-state index contributed by atoms with van der Waals surface area (Å²) in [5.41, 5.74) is 5.49. The lowest BCUT2D eigenvalue weighted by molar-refractivity contribution is 0.0291. The molecule has 1 aromatic rings. The summed E-state index contributed by atoms with van der Waals surface area (Å²) in [6.45, 7) is 5.56. The van der Waals surface area contributed by atoms with Gasteiger partial charge >= 0.3 is 6.09 Å². The van der Waals surface area contributed by atoms with Crippen LogP contribution in [0.5, 0.6) is 0 Å². The second-order valence-electron chi connectivity index (χ2n) is 8.78. The minimum Gasteiger partial charge on any atom is -0.444 e. The lowest BCUT2D eigenvalue weighted by Crippen LogP contribution is -2.61. The van der Waals surface area contributed by atoms with Crippen molar-refractivity contribution in [3.63, 3.8) is 0 Å². The van der Waals surface area contributed by atoms with Crippen molar-refractivity contribution in [1.29, 1.82) is 0 Å². The molecule has 3 N–H and O–H groups in total. The molecular formula is C20H32N2O5S2. The van der Waals surface area contributed by atoms with Gasteiger partial charge < -0.3 is 10.5 Å². The molecule has 0 heterocycles. The average molecular weight is 445 g/mol. The van der Waals surface area contributed by atoms with E-state index < -0.39 is 48.6 Å². The first-order chi connectivity index (χ1) is 13.3. The third-order valence-corrected chi connectivity index (χ3v) is 8.81. The van der Waals surface area contributed by atoms with Crippen molar-refractivity contribution >= 4 is 26.9 Å². The van der Waals surface area contributed by atoms with Crippen LogP contribution in [0.2, 0.25) is 0 Å². The van der Waals surface area contributed by atoms with Gasteiger partial charge in [-0.05, 0) is 52.0 Å². The Kier molecular flexibility index (Phi) is 7.51. The van der Waals surface area contributed by atoms with E-state index in [2.05, 4.69) is 4.72 Å². The molecule has 7 nitrogen and oxygen atoms in total. The molecule has 0 aliphatic heterocycles. The largest absolute Gasteiger partial charge is 0.444 e. The van der Waals surface area contributed by atoms with Gasteiger partial charge in [0.05, 0.1) is 26.5 Å². The average Bonchev–Trinajstić information content (AvgIpc) is 2.60. The standard InChI is InChI=1S/C20H32N2O5S2/c1-19(2,3)28(24)22-20(12-10-16(11-13-20)29(4,25)26)17(27-18(21)23)14-15-8-6-5-7-9-15/h5-9,16-17,22H,10-14H2,1-4H3,(H2,21,23). The van der Waals surface area contributed by atoms with E-state index in [1.54, 1.807) is 0 Å². The van der Waals surface area contributed by atoms with Crippen molar-refractivity contribution < 1.29 is 22.2 Å². The SMILES string of the molecule is CC(C)(C)S(=O)NC1(C(Cc2ccccc2)OC(N)=O)CCC(S(C)(=O)=O)CC1. The molecule has 1 amide bonds. The Bertz CT molecular complexity index is 826. The molecule has 2 unspecified atom stereocenters. The quantitative estimate of drug-likeness (QED) is 0.670. The van der Waals surface area contributed by atoms with Crippen LogP contribution in [0.15, 0.2) is 30.3 Å². The summed E-state index contributed by atoms with van der Waals surface area (Å²) in [6.07, 6.45) is 1.69. The van der Waals surface area contributed by atoms with Crippen molar-refractivity contribution in [2.24, 2.45) is 5.73 Å². The molecule has 1 aliphatic rings. The van der Waals surface area contributed by atoms with Crippen LogP contribution >= 0.6 is 0 Å². The fourth-order valence-electron chi connectivity index (χ4n) is 3.68. The van der Waals surface area contributed by atoms with Gasteiger partial charge in [-0.25, -0.2) is 22.1 Å². The van der Waals surface area contributed by atoms with Crippen LogP contribution < -0.4 is 10.5 Å². The zero-order valence-electron chi connectivity index (χ0n) is 17.5. The summed E-state index contributed by atoms with van der Waals surface area (Å²) in [7, 11) is -4.61. The van der Waals surface area contributed by atoms with Crippen LogP contribution in [0.4, 0.5) is 4.79 Å². The van der Waals surface area contributed by atoms with E-state index in [9.17, 15) is 17.4 Å². The number of ether oxygens (including phenoxy) is 1. The van der Waals surface area contributed by atoms with Gasteiger partial charge in [0.15, 0.2) is 0 Å². The maximum Gasteiger partial charge on any atom is 0.404 e. The first-order valence-electron chi connectivity index (χ1n) is 9.72. The van der Waals surface area contributed by atoms with E-state index in [4.69, 9.17) is 10.5 Å². The number of hydrogen-bond acceptors (Lipinski definition) is 5. The van der Waals surface area contributed by atoms with E-state index in [0.717, 1.165) is 5.56 Å². The van der Waals surface area contributed by atoms with Crippen LogP contribution in [0, 0.1) is 0 Å². The molecular weight excluding hydrogens is 412 g/mol. The van der Waals surface area contributed by atoms with Gasteiger partial charge in [0, 0.05) is 12.7 Å². The topological polar surface area (TPSA) is 116 Å². The summed E-state index contributed by atoms with van der Waals surface area (Å²) >= 11 is 0. The van der Waals surface area contributed by atoms with E-state index in [1.807, 2.05) is 51.1 Å². The molecule has 1 saturated carbocycles. The molecule has 1 fully saturated rings. The number of carbonyl (C=O) groups is 1. The number of benzene rings is 1. The van der Waals surface area contributed by atoms with Gasteiger partial charge in [0.25, 0.3) is 0 Å².